The van der Waals surface area contributed by atoms with Crippen LogP contribution in [0.2, 0.25) is 0 Å². The zero-order chi connectivity index (χ0) is 27.5. The average Bonchev–Trinajstić information content (AvgIpc) is 3.18. The average molecular weight is 546 g/mol. The lowest BCUT2D eigenvalue weighted by Crippen LogP contribution is -2.44. The third kappa shape index (κ3) is 5.81. The van der Waals surface area contributed by atoms with E-state index < -0.39 is 0 Å². The molecule has 0 atom stereocenters. The highest BCUT2D eigenvalue weighted by Crippen LogP contribution is 2.33. The molecule has 0 radical (unpaired) electrons. The molecular weight excluding hydrogens is 506 g/mol. The first kappa shape index (κ1) is 26.7. The molecule has 0 spiro atoms. The van der Waals surface area contributed by atoms with Crippen LogP contribution < -0.4 is 15.5 Å². The standard InChI is InChI=1S/C29H39N9O2/c1-35-12-14-38(15-13-35)23-8-6-22(7-9-23)32-29-31-20-21-4-3-5-24-26(34-36(2)27(24)25(21)33-29)28(39)30-10-11-37-16-18-40-19-17-37/h6-9,20H,3-5,10-19H2,1-2H3,(H,30,39)(H,31,32,33). The molecule has 40 heavy (non-hydrogen) atoms. The van der Waals surface area contributed by atoms with Gasteiger partial charge in [0.2, 0.25) is 5.95 Å². The lowest BCUT2D eigenvalue weighted by atomic mass is 10.1. The monoisotopic (exact) mass is 545 g/mol. The molecule has 2 N–H and O–H groups in total. The maximum Gasteiger partial charge on any atom is 0.272 e. The number of anilines is 3. The van der Waals surface area contributed by atoms with E-state index in [4.69, 9.17) is 9.72 Å². The largest absolute Gasteiger partial charge is 0.379 e. The van der Waals surface area contributed by atoms with Crippen LogP contribution in [0, 0.1) is 0 Å². The van der Waals surface area contributed by atoms with Crippen LogP contribution in [-0.4, -0.2) is 108 Å². The van der Waals surface area contributed by atoms with Gasteiger partial charge in [0.25, 0.3) is 5.91 Å². The van der Waals surface area contributed by atoms with Gasteiger partial charge in [-0.1, -0.05) is 0 Å². The summed E-state index contributed by atoms with van der Waals surface area (Å²) in [6, 6.07) is 8.47. The maximum atomic E-state index is 13.2. The first-order valence-electron chi connectivity index (χ1n) is 14.4. The van der Waals surface area contributed by atoms with Gasteiger partial charge in [0, 0.05) is 82.5 Å². The third-order valence-corrected chi connectivity index (χ3v) is 8.13. The van der Waals surface area contributed by atoms with Crippen LogP contribution in [0.5, 0.6) is 0 Å². The highest BCUT2D eigenvalue weighted by atomic mass is 16.5. The lowest BCUT2D eigenvalue weighted by molar-refractivity contribution is 0.0383. The zero-order valence-corrected chi connectivity index (χ0v) is 23.5. The number of benzene rings is 1. The van der Waals surface area contributed by atoms with E-state index in [9.17, 15) is 4.79 Å². The van der Waals surface area contributed by atoms with Crippen molar-refractivity contribution in [2.75, 3.05) is 82.8 Å². The van der Waals surface area contributed by atoms with Crippen molar-refractivity contribution in [2.24, 2.45) is 7.05 Å². The number of nitrogens with one attached hydrogen (secondary N) is 2. The summed E-state index contributed by atoms with van der Waals surface area (Å²) in [5, 5.41) is 11.1. The number of hydrogen-bond donors (Lipinski definition) is 2. The van der Waals surface area contributed by atoms with Crippen molar-refractivity contribution in [3.63, 3.8) is 0 Å². The molecule has 11 nitrogen and oxygen atoms in total. The second-order valence-electron chi connectivity index (χ2n) is 10.9. The molecular formula is C29H39N9O2. The highest BCUT2D eigenvalue weighted by molar-refractivity contribution is 5.95. The van der Waals surface area contributed by atoms with Gasteiger partial charge in [0.05, 0.1) is 24.6 Å². The van der Waals surface area contributed by atoms with Gasteiger partial charge in [0.1, 0.15) is 0 Å². The summed E-state index contributed by atoms with van der Waals surface area (Å²) in [5.41, 5.74) is 6.47. The minimum Gasteiger partial charge on any atom is -0.379 e. The molecule has 2 aromatic heterocycles. The topological polar surface area (TPSA) is 104 Å². The van der Waals surface area contributed by atoms with Gasteiger partial charge < -0.3 is 25.2 Å². The van der Waals surface area contributed by atoms with E-state index in [1.54, 1.807) is 4.68 Å². The molecule has 3 aliphatic rings. The molecule has 0 bridgehead atoms. The van der Waals surface area contributed by atoms with Gasteiger partial charge in [-0.15, -0.1) is 0 Å². The molecule has 1 aliphatic carbocycles. The number of amides is 1. The van der Waals surface area contributed by atoms with Crippen LogP contribution in [0.1, 0.15) is 28.0 Å². The molecule has 4 heterocycles. The summed E-state index contributed by atoms with van der Waals surface area (Å²) >= 11 is 0. The Balaban J connectivity index is 1.17. The second-order valence-corrected chi connectivity index (χ2v) is 10.9. The second kappa shape index (κ2) is 11.9. The van der Waals surface area contributed by atoms with Crippen LogP contribution in [0.3, 0.4) is 0 Å². The predicted octanol–water partition coefficient (Wildman–Crippen LogP) is 1.92. The normalized spacial score (nSPS) is 18.1. The minimum absolute atomic E-state index is 0.124. The molecule has 3 aromatic rings. The summed E-state index contributed by atoms with van der Waals surface area (Å²) < 4.78 is 7.22. The Labute approximate surface area is 235 Å². The van der Waals surface area contributed by atoms with Crippen molar-refractivity contribution in [3.05, 3.63) is 47.3 Å². The number of aryl methyl sites for hydroxylation is 2. The molecule has 0 saturated carbocycles. The third-order valence-electron chi connectivity index (χ3n) is 8.13. The number of rotatable bonds is 7. The molecule has 0 unspecified atom stereocenters. The van der Waals surface area contributed by atoms with Crippen LogP contribution in [0.4, 0.5) is 17.3 Å². The van der Waals surface area contributed by atoms with E-state index in [1.165, 1.54) is 5.69 Å². The smallest absolute Gasteiger partial charge is 0.272 e. The fraction of sp³-hybridized carbons (Fsp3) is 0.517. The van der Waals surface area contributed by atoms with Gasteiger partial charge in [-0.2, -0.15) is 5.10 Å². The Morgan fingerprint density at radius 1 is 1.00 bits per heavy atom. The Hall–Kier alpha value is -3.54. The van der Waals surface area contributed by atoms with Gasteiger partial charge in [-0.25, -0.2) is 9.97 Å². The zero-order valence-electron chi connectivity index (χ0n) is 23.5. The van der Waals surface area contributed by atoms with E-state index in [1.807, 2.05) is 13.2 Å². The van der Waals surface area contributed by atoms with E-state index in [0.717, 1.165) is 106 Å². The van der Waals surface area contributed by atoms with Crippen LogP contribution in [0.25, 0.3) is 11.4 Å². The molecule has 1 amide bonds. The summed E-state index contributed by atoms with van der Waals surface area (Å²) in [4.78, 5) is 29.8. The van der Waals surface area contributed by atoms with Gasteiger partial charge in [-0.05, 0) is 56.1 Å². The Kier molecular flexibility index (Phi) is 7.94. The number of carbonyl (C=O) groups is 1. The Morgan fingerprint density at radius 3 is 2.55 bits per heavy atom. The van der Waals surface area contributed by atoms with E-state index >= 15 is 0 Å². The number of fused-ring (bicyclic) bond motifs is 3. The summed E-state index contributed by atoms with van der Waals surface area (Å²) in [5.74, 6) is 0.415. The molecule has 6 rings (SSSR count). The fourth-order valence-corrected chi connectivity index (χ4v) is 5.78. The number of morpholine rings is 1. The SMILES string of the molecule is CN1CCN(c2ccc(Nc3ncc4c(n3)-c3c(c(C(=O)NCCN5CCOCC5)nn3C)CCC4)cc2)CC1. The van der Waals surface area contributed by atoms with Crippen molar-refractivity contribution >= 4 is 23.2 Å². The molecule has 1 aromatic carbocycles. The number of ether oxygens (including phenoxy) is 1. The number of nitrogens with zero attached hydrogens (tertiary/aromatic N) is 7. The Morgan fingerprint density at radius 2 is 1.77 bits per heavy atom. The Bertz CT molecular complexity index is 1330. The molecule has 2 aliphatic heterocycles. The van der Waals surface area contributed by atoms with Crippen molar-refractivity contribution in [3.8, 4) is 11.4 Å². The van der Waals surface area contributed by atoms with Crippen LogP contribution >= 0.6 is 0 Å². The summed E-state index contributed by atoms with van der Waals surface area (Å²) in [6.45, 7) is 8.95. The molecule has 2 saturated heterocycles. The van der Waals surface area contributed by atoms with Crippen molar-refractivity contribution in [2.45, 2.75) is 19.3 Å². The molecule has 212 valence electrons. The number of piperazine rings is 1. The van der Waals surface area contributed by atoms with E-state index in [-0.39, 0.29) is 5.91 Å². The van der Waals surface area contributed by atoms with Crippen LogP contribution in [-0.2, 0) is 24.6 Å². The first-order valence-corrected chi connectivity index (χ1v) is 14.4. The number of carbonyl (C=O) groups excluding carboxylic acids is 1. The van der Waals surface area contributed by atoms with E-state index in [2.05, 4.69) is 66.7 Å². The van der Waals surface area contributed by atoms with Crippen molar-refractivity contribution in [1.82, 2.24) is 34.9 Å². The van der Waals surface area contributed by atoms with Crippen molar-refractivity contribution < 1.29 is 9.53 Å². The van der Waals surface area contributed by atoms with E-state index in [0.29, 0.717) is 18.2 Å². The number of hydrogen-bond acceptors (Lipinski definition) is 9. The minimum atomic E-state index is -0.124. The summed E-state index contributed by atoms with van der Waals surface area (Å²) in [6.07, 6.45) is 4.47. The molecule has 2 fully saturated rings. The lowest BCUT2D eigenvalue weighted by Gasteiger charge is -2.34. The van der Waals surface area contributed by atoms with Gasteiger partial charge in [0.15, 0.2) is 5.69 Å². The van der Waals surface area contributed by atoms with Gasteiger partial charge in [-0.3, -0.25) is 14.4 Å². The number of aromatic nitrogens is 4. The van der Waals surface area contributed by atoms with Crippen molar-refractivity contribution in [1.29, 1.82) is 0 Å². The number of likely N-dealkylation sites (N-methyl/N-ethyl adjacent to an activating group) is 1. The maximum absolute atomic E-state index is 13.2. The van der Waals surface area contributed by atoms with Gasteiger partial charge >= 0.3 is 0 Å². The predicted molar refractivity (Wildman–Crippen MR) is 155 cm³/mol. The molecule has 11 heteroatoms. The fourth-order valence-electron chi connectivity index (χ4n) is 5.78. The summed E-state index contributed by atoms with van der Waals surface area (Å²) in [7, 11) is 4.06. The van der Waals surface area contributed by atoms with Crippen LogP contribution in [0.15, 0.2) is 30.5 Å². The highest BCUT2D eigenvalue weighted by Gasteiger charge is 2.27. The first-order chi connectivity index (χ1) is 19.5. The quantitative estimate of drug-likeness (QED) is 0.461.